The van der Waals surface area contributed by atoms with Crippen LogP contribution in [0.15, 0.2) is 24.0 Å². The molecule has 0 heterocycles. The Balaban J connectivity index is 2.29. The van der Waals surface area contributed by atoms with Crippen LogP contribution in [0.5, 0.6) is 0 Å². The lowest BCUT2D eigenvalue weighted by atomic mass is 10.2. The van der Waals surface area contributed by atoms with Crippen molar-refractivity contribution in [2.45, 2.75) is 26.2 Å². The molecule has 0 spiro atoms. The van der Waals surface area contributed by atoms with E-state index in [0.717, 1.165) is 12.8 Å². The van der Waals surface area contributed by atoms with Gasteiger partial charge in [-0.05, 0) is 30.9 Å². The highest BCUT2D eigenvalue weighted by Crippen LogP contribution is 2.18. The summed E-state index contributed by atoms with van der Waals surface area (Å²) < 4.78 is 4.64. The highest BCUT2D eigenvalue weighted by Gasteiger charge is 1.99. The lowest BCUT2D eigenvalue weighted by Crippen LogP contribution is -1.89. The smallest absolute Gasteiger partial charge is 0.307 e. The average molecular weight is 152 g/mol. The Labute approximate surface area is 66.5 Å². The molecule has 2 heteroatoms. The summed E-state index contributed by atoms with van der Waals surface area (Å²) in [6, 6.07) is 0. The molecule has 0 unspecified atom stereocenters. The van der Waals surface area contributed by atoms with Crippen LogP contribution >= 0.6 is 0 Å². The molecule has 0 aromatic heterocycles. The lowest BCUT2D eigenvalue weighted by molar-refractivity contribution is -0.135. The van der Waals surface area contributed by atoms with E-state index < -0.39 is 0 Å². The van der Waals surface area contributed by atoms with Crippen LogP contribution in [-0.4, -0.2) is 5.97 Å². The fraction of sp³-hybridized carbons (Fsp3) is 0.444. The summed E-state index contributed by atoms with van der Waals surface area (Å²) in [7, 11) is 0. The molecule has 0 aromatic carbocycles. The number of allylic oxidation sites excluding steroid dienone is 3. The number of carbonyl (C=O) groups excluding carboxylic acids is 1. The Kier molecular flexibility index (Phi) is 2.90. The van der Waals surface area contributed by atoms with Crippen molar-refractivity contribution in [3.63, 3.8) is 0 Å². The van der Waals surface area contributed by atoms with Gasteiger partial charge in [-0.3, -0.25) is 4.79 Å². The van der Waals surface area contributed by atoms with Gasteiger partial charge in [-0.1, -0.05) is 6.08 Å². The molecule has 0 aliphatic heterocycles. The minimum Gasteiger partial charge on any atom is -0.435 e. The normalized spacial score (nSPS) is 17.0. The fourth-order valence-corrected chi connectivity index (χ4v) is 1.06. The second kappa shape index (κ2) is 3.96. The van der Waals surface area contributed by atoms with Gasteiger partial charge >= 0.3 is 5.97 Å². The molecule has 1 rings (SSSR count). The zero-order chi connectivity index (χ0) is 8.10. The largest absolute Gasteiger partial charge is 0.435 e. The average Bonchev–Trinajstić information content (AvgIpc) is 2.39. The van der Waals surface area contributed by atoms with Crippen LogP contribution in [0.4, 0.5) is 0 Å². The van der Waals surface area contributed by atoms with Crippen LogP contribution < -0.4 is 0 Å². The van der Waals surface area contributed by atoms with Crippen LogP contribution in [0.2, 0.25) is 0 Å². The number of esters is 1. The number of ether oxygens (including phenoxy) is 1. The van der Waals surface area contributed by atoms with Gasteiger partial charge in [-0.15, -0.1) is 0 Å². The molecule has 0 bridgehead atoms. The maximum Gasteiger partial charge on any atom is 0.307 e. The summed E-state index contributed by atoms with van der Waals surface area (Å²) in [4.78, 5) is 10.3. The standard InChI is InChI=1S/C9H12O2/c1-8(10)11-7-6-9-4-2-3-5-9/h4,6-7H,2-3,5H2,1H3/b7-6-. The summed E-state index contributed by atoms with van der Waals surface area (Å²) in [5.74, 6) is -0.264. The first-order valence-corrected chi connectivity index (χ1v) is 3.82. The summed E-state index contributed by atoms with van der Waals surface area (Å²) in [6.07, 6.45) is 8.96. The second-order valence-electron chi connectivity index (χ2n) is 2.58. The molecule has 0 aromatic rings. The Morgan fingerprint density at radius 2 is 2.55 bits per heavy atom. The van der Waals surface area contributed by atoms with Gasteiger partial charge in [0.2, 0.25) is 0 Å². The van der Waals surface area contributed by atoms with Crippen molar-refractivity contribution in [2.75, 3.05) is 0 Å². The molecule has 11 heavy (non-hydrogen) atoms. The van der Waals surface area contributed by atoms with Gasteiger partial charge in [-0.2, -0.15) is 0 Å². The van der Waals surface area contributed by atoms with Crippen molar-refractivity contribution in [2.24, 2.45) is 0 Å². The van der Waals surface area contributed by atoms with Crippen molar-refractivity contribution in [3.8, 4) is 0 Å². The fourth-order valence-electron chi connectivity index (χ4n) is 1.06. The van der Waals surface area contributed by atoms with E-state index in [0.29, 0.717) is 0 Å². The second-order valence-corrected chi connectivity index (χ2v) is 2.58. The Hall–Kier alpha value is -1.05. The van der Waals surface area contributed by atoms with E-state index in [-0.39, 0.29) is 5.97 Å². The third kappa shape index (κ3) is 3.03. The molecule has 60 valence electrons. The van der Waals surface area contributed by atoms with Crippen molar-refractivity contribution in [3.05, 3.63) is 24.0 Å². The first-order valence-electron chi connectivity index (χ1n) is 3.82. The van der Waals surface area contributed by atoms with Gasteiger partial charge < -0.3 is 4.74 Å². The van der Waals surface area contributed by atoms with Crippen LogP contribution in [0.1, 0.15) is 26.2 Å². The number of rotatable bonds is 2. The number of hydrogen-bond acceptors (Lipinski definition) is 2. The van der Waals surface area contributed by atoms with Crippen molar-refractivity contribution in [1.29, 1.82) is 0 Å². The molecule has 0 saturated carbocycles. The number of carbonyl (C=O) groups is 1. The van der Waals surface area contributed by atoms with Crippen molar-refractivity contribution in [1.82, 2.24) is 0 Å². The van der Waals surface area contributed by atoms with E-state index in [1.54, 1.807) is 0 Å². The zero-order valence-corrected chi connectivity index (χ0v) is 6.67. The van der Waals surface area contributed by atoms with Gasteiger partial charge in [0.05, 0.1) is 6.26 Å². The lowest BCUT2D eigenvalue weighted by Gasteiger charge is -1.91. The molecule has 0 radical (unpaired) electrons. The quantitative estimate of drug-likeness (QED) is 0.447. The van der Waals surface area contributed by atoms with Crippen LogP contribution in [0, 0.1) is 0 Å². The van der Waals surface area contributed by atoms with E-state index in [2.05, 4.69) is 10.8 Å². The van der Waals surface area contributed by atoms with Crippen LogP contribution in [0.3, 0.4) is 0 Å². The molecule has 2 nitrogen and oxygen atoms in total. The van der Waals surface area contributed by atoms with Gasteiger partial charge in [0.15, 0.2) is 0 Å². The first kappa shape index (κ1) is 8.05. The molecule has 1 aliphatic rings. The zero-order valence-electron chi connectivity index (χ0n) is 6.67. The molecular weight excluding hydrogens is 140 g/mol. The predicted molar refractivity (Wildman–Crippen MR) is 42.8 cm³/mol. The highest BCUT2D eigenvalue weighted by molar-refractivity contribution is 5.66. The predicted octanol–water partition coefficient (Wildman–Crippen LogP) is 2.17. The third-order valence-corrected chi connectivity index (χ3v) is 1.59. The molecule has 0 saturated heterocycles. The molecule has 0 amide bonds. The van der Waals surface area contributed by atoms with Crippen molar-refractivity contribution >= 4 is 5.97 Å². The molecular formula is C9H12O2. The van der Waals surface area contributed by atoms with Gasteiger partial charge in [0.25, 0.3) is 0 Å². The molecule has 0 atom stereocenters. The van der Waals surface area contributed by atoms with E-state index in [9.17, 15) is 4.79 Å². The Morgan fingerprint density at radius 1 is 1.73 bits per heavy atom. The van der Waals surface area contributed by atoms with E-state index in [1.807, 2.05) is 6.08 Å². The molecule has 0 fully saturated rings. The topological polar surface area (TPSA) is 26.3 Å². The van der Waals surface area contributed by atoms with E-state index in [1.165, 1.54) is 25.2 Å². The Bertz CT molecular complexity index is 202. The van der Waals surface area contributed by atoms with Gasteiger partial charge in [-0.25, -0.2) is 0 Å². The van der Waals surface area contributed by atoms with Gasteiger partial charge in [0, 0.05) is 6.92 Å². The summed E-state index contributed by atoms with van der Waals surface area (Å²) in [6.45, 7) is 1.40. The molecule has 1 aliphatic carbocycles. The summed E-state index contributed by atoms with van der Waals surface area (Å²) in [5, 5.41) is 0. The van der Waals surface area contributed by atoms with E-state index in [4.69, 9.17) is 0 Å². The van der Waals surface area contributed by atoms with Gasteiger partial charge in [0.1, 0.15) is 0 Å². The molecule has 0 N–H and O–H groups in total. The first-order chi connectivity index (χ1) is 5.29. The number of hydrogen-bond donors (Lipinski definition) is 0. The van der Waals surface area contributed by atoms with Crippen LogP contribution in [-0.2, 0) is 9.53 Å². The SMILES string of the molecule is CC(=O)O/C=C\C1=CCCC1. The maximum atomic E-state index is 10.3. The minimum absolute atomic E-state index is 0.264. The van der Waals surface area contributed by atoms with Crippen LogP contribution in [0.25, 0.3) is 0 Å². The monoisotopic (exact) mass is 152 g/mol. The third-order valence-electron chi connectivity index (χ3n) is 1.59. The minimum atomic E-state index is -0.264. The Morgan fingerprint density at radius 3 is 3.09 bits per heavy atom. The highest BCUT2D eigenvalue weighted by atomic mass is 16.5. The van der Waals surface area contributed by atoms with E-state index >= 15 is 0 Å². The maximum absolute atomic E-state index is 10.3. The summed E-state index contributed by atoms with van der Waals surface area (Å²) in [5.41, 5.74) is 1.27. The summed E-state index contributed by atoms with van der Waals surface area (Å²) >= 11 is 0. The van der Waals surface area contributed by atoms with Crippen molar-refractivity contribution < 1.29 is 9.53 Å².